The van der Waals surface area contributed by atoms with Crippen LogP contribution >= 0.6 is 11.6 Å². The third-order valence-corrected chi connectivity index (χ3v) is 5.36. The second kappa shape index (κ2) is 6.57. The zero-order chi connectivity index (χ0) is 20.1. The first-order chi connectivity index (χ1) is 14.0. The number of para-hydroxylation sites is 1. The fraction of sp³-hybridized carbons (Fsp3) is 0.0870. The highest BCUT2D eigenvalue weighted by Crippen LogP contribution is 2.40. The monoisotopic (exact) mass is 402 g/mol. The van der Waals surface area contributed by atoms with Crippen LogP contribution in [0.1, 0.15) is 33.3 Å². The third-order valence-electron chi connectivity index (χ3n) is 5.11. The van der Waals surface area contributed by atoms with Crippen molar-refractivity contribution in [2.75, 3.05) is 4.90 Å². The molecule has 6 heteroatoms. The fourth-order valence-electron chi connectivity index (χ4n) is 3.77. The Labute approximate surface area is 171 Å². The highest BCUT2D eigenvalue weighted by atomic mass is 35.5. The van der Waals surface area contributed by atoms with Crippen LogP contribution in [0.3, 0.4) is 0 Å². The molecule has 1 aliphatic rings. The first-order valence-corrected chi connectivity index (χ1v) is 9.50. The summed E-state index contributed by atoms with van der Waals surface area (Å²) in [4.78, 5) is 32.7. The Bertz CT molecular complexity index is 1330. The van der Waals surface area contributed by atoms with Gasteiger partial charge in [-0.3, -0.25) is 14.5 Å². The topological polar surface area (TPSA) is 63.4 Å². The van der Waals surface area contributed by atoms with Crippen molar-refractivity contribution in [3.05, 3.63) is 105 Å². The van der Waals surface area contributed by atoms with Crippen LogP contribution in [0.5, 0.6) is 0 Å². The van der Waals surface area contributed by atoms with E-state index in [0.29, 0.717) is 27.4 Å². The minimum Gasteiger partial charge on any atom is -0.450 e. The number of fused-ring (bicyclic) bond motifs is 2. The van der Waals surface area contributed by atoms with Crippen LogP contribution < -0.4 is 10.3 Å². The molecule has 0 saturated heterocycles. The number of rotatable bonds is 2. The van der Waals surface area contributed by atoms with E-state index in [0.717, 1.165) is 11.1 Å². The molecular formula is C23H15ClN2O3. The first kappa shape index (κ1) is 17.6. The van der Waals surface area contributed by atoms with Crippen molar-refractivity contribution in [2.45, 2.75) is 13.0 Å². The Morgan fingerprint density at radius 3 is 2.55 bits per heavy atom. The van der Waals surface area contributed by atoms with E-state index in [9.17, 15) is 9.59 Å². The van der Waals surface area contributed by atoms with Gasteiger partial charge in [-0.15, -0.1) is 0 Å². The minimum absolute atomic E-state index is 0.0527. The normalized spacial score (nSPS) is 15.7. The molecule has 5 rings (SSSR count). The van der Waals surface area contributed by atoms with Gasteiger partial charge in [0, 0.05) is 11.2 Å². The SMILES string of the molecule is Cc1ccnc(N2C(=O)c3oc4ccccc4c(=O)c3[C@H]2c2ccc(Cl)cc2)c1. The number of nitrogens with zero attached hydrogens (tertiary/aromatic N) is 2. The molecule has 1 aliphatic heterocycles. The number of aromatic nitrogens is 1. The molecule has 1 atom stereocenters. The summed E-state index contributed by atoms with van der Waals surface area (Å²) in [5.41, 5.74) is 2.20. The van der Waals surface area contributed by atoms with Crippen LogP contribution in [0.4, 0.5) is 5.82 Å². The van der Waals surface area contributed by atoms with E-state index < -0.39 is 6.04 Å². The number of halogens is 1. The maximum atomic E-state index is 13.4. The summed E-state index contributed by atoms with van der Waals surface area (Å²) in [6.07, 6.45) is 1.64. The number of benzene rings is 2. The van der Waals surface area contributed by atoms with E-state index in [-0.39, 0.29) is 17.1 Å². The van der Waals surface area contributed by atoms with Gasteiger partial charge in [-0.05, 0) is 54.4 Å². The summed E-state index contributed by atoms with van der Waals surface area (Å²) in [6, 6.07) is 17.1. The van der Waals surface area contributed by atoms with Gasteiger partial charge in [0.1, 0.15) is 11.4 Å². The molecule has 0 spiro atoms. The molecule has 142 valence electrons. The second-order valence-corrected chi connectivity index (χ2v) is 7.43. The van der Waals surface area contributed by atoms with E-state index in [2.05, 4.69) is 4.98 Å². The molecule has 0 N–H and O–H groups in total. The Kier molecular flexibility index (Phi) is 4.00. The molecule has 0 bridgehead atoms. The quantitative estimate of drug-likeness (QED) is 0.478. The number of amides is 1. The average Bonchev–Trinajstić information content (AvgIpc) is 3.02. The predicted molar refractivity (Wildman–Crippen MR) is 112 cm³/mol. The summed E-state index contributed by atoms with van der Waals surface area (Å²) in [6.45, 7) is 1.92. The molecule has 0 unspecified atom stereocenters. The maximum absolute atomic E-state index is 13.4. The molecule has 3 heterocycles. The number of pyridine rings is 1. The molecule has 2 aromatic heterocycles. The smallest absolute Gasteiger partial charge is 0.296 e. The molecule has 5 nitrogen and oxygen atoms in total. The van der Waals surface area contributed by atoms with E-state index in [1.54, 1.807) is 42.6 Å². The summed E-state index contributed by atoms with van der Waals surface area (Å²) in [5.74, 6) is 0.127. The Morgan fingerprint density at radius 2 is 1.79 bits per heavy atom. The van der Waals surface area contributed by atoms with Gasteiger partial charge in [-0.1, -0.05) is 35.9 Å². The summed E-state index contributed by atoms with van der Waals surface area (Å²) in [7, 11) is 0. The van der Waals surface area contributed by atoms with E-state index in [1.165, 1.54) is 4.90 Å². The summed E-state index contributed by atoms with van der Waals surface area (Å²) < 4.78 is 5.91. The first-order valence-electron chi connectivity index (χ1n) is 9.12. The predicted octanol–water partition coefficient (Wildman–Crippen LogP) is 4.90. The highest BCUT2D eigenvalue weighted by molar-refractivity contribution is 6.30. The lowest BCUT2D eigenvalue weighted by Crippen LogP contribution is -2.30. The van der Waals surface area contributed by atoms with Crippen LogP contribution in [-0.4, -0.2) is 10.9 Å². The minimum atomic E-state index is -0.648. The lowest BCUT2D eigenvalue weighted by molar-refractivity contribution is 0.0970. The lowest BCUT2D eigenvalue weighted by atomic mass is 9.98. The average molecular weight is 403 g/mol. The zero-order valence-electron chi connectivity index (χ0n) is 15.4. The molecule has 4 aromatic rings. The van der Waals surface area contributed by atoms with E-state index >= 15 is 0 Å². The van der Waals surface area contributed by atoms with Crippen LogP contribution in [0, 0.1) is 6.92 Å². The van der Waals surface area contributed by atoms with Crippen LogP contribution in [0.15, 0.2) is 76.1 Å². The molecule has 0 fully saturated rings. The van der Waals surface area contributed by atoms with Gasteiger partial charge in [-0.25, -0.2) is 4.98 Å². The van der Waals surface area contributed by atoms with Crippen molar-refractivity contribution in [3.63, 3.8) is 0 Å². The Balaban J connectivity index is 1.82. The number of aryl methyl sites for hydroxylation is 1. The van der Waals surface area contributed by atoms with Crippen LogP contribution in [-0.2, 0) is 0 Å². The Hall–Kier alpha value is -3.44. The van der Waals surface area contributed by atoms with E-state index in [4.69, 9.17) is 16.0 Å². The molecule has 0 saturated carbocycles. The highest BCUT2D eigenvalue weighted by Gasteiger charge is 2.44. The Morgan fingerprint density at radius 1 is 1.03 bits per heavy atom. The van der Waals surface area contributed by atoms with Crippen molar-refractivity contribution in [1.82, 2.24) is 4.98 Å². The molecule has 29 heavy (non-hydrogen) atoms. The molecular weight excluding hydrogens is 388 g/mol. The van der Waals surface area contributed by atoms with Gasteiger partial charge in [0.25, 0.3) is 5.91 Å². The van der Waals surface area contributed by atoms with Crippen molar-refractivity contribution < 1.29 is 9.21 Å². The van der Waals surface area contributed by atoms with Crippen molar-refractivity contribution in [2.24, 2.45) is 0 Å². The lowest BCUT2D eigenvalue weighted by Gasteiger charge is -2.24. The summed E-state index contributed by atoms with van der Waals surface area (Å²) >= 11 is 6.06. The number of carbonyl (C=O) groups excluding carboxylic acids is 1. The van der Waals surface area contributed by atoms with Crippen LogP contribution in [0.25, 0.3) is 11.0 Å². The van der Waals surface area contributed by atoms with Crippen molar-refractivity contribution >= 4 is 34.3 Å². The molecule has 0 aliphatic carbocycles. The van der Waals surface area contributed by atoms with Gasteiger partial charge in [0.2, 0.25) is 5.76 Å². The van der Waals surface area contributed by atoms with Gasteiger partial charge < -0.3 is 4.42 Å². The van der Waals surface area contributed by atoms with Crippen molar-refractivity contribution in [3.8, 4) is 0 Å². The largest absolute Gasteiger partial charge is 0.450 e. The van der Waals surface area contributed by atoms with Crippen molar-refractivity contribution in [1.29, 1.82) is 0 Å². The maximum Gasteiger partial charge on any atom is 0.296 e. The zero-order valence-corrected chi connectivity index (χ0v) is 16.2. The fourth-order valence-corrected chi connectivity index (χ4v) is 3.89. The number of hydrogen-bond acceptors (Lipinski definition) is 4. The van der Waals surface area contributed by atoms with Gasteiger partial charge in [0.15, 0.2) is 5.43 Å². The standard InChI is InChI=1S/C23H15ClN2O3/c1-13-10-11-25-18(12-13)26-20(14-6-8-15(24)9-7-14)19-21(27)16-4-2-3-5-17(16)29-22(19)23(26)28/h2-12,20H,1H3/t20-/m1/s1. The number of carbonyl (C=O) groups is 1. The molecule has 0 radical (unpaired) electrons. The second-order valence-electron chi connectivity index (χ2n) is 6.99. The molecule has 1 amide bonds. The van der Waals surface area contributed by atoms with Gasteiger partial charge in [-0.2, -0.15) is 0 Å². The molecule has 2 aromatic carbocycles. The summed E-state index contributed by atoms with van der Waals surface area (Å²) in [5, 5.41) is 1.01. The number of hydrogen-bond donors (Lipinski definition) is 0. The van der Waals surface area contributed by atoms with Gasteiger partial charge in [0.05, 0.1) is 17.0 Å². The number of anilines is 1. The van der Waals surface area contributed by atoms with Gasteiger partial charge >= 0.3 is 0 Å². The van der Waals surface area contributed by atoms with E-state index in [1.807, 2.05) is 31.2 Å². The van der Waals surface area contributed by atoms with Crippen LogP contribution in [0.2, 0.25) is 5.02 Å². The third kappa shape index (κ3) is 2.74.